The molecule has 1 aromatic heterocycles. The number of halogens is 1. The Hall–Kier alpha value is -0.700. The predicted molar refractivity (Wildman–Crippen MR) is 71.2 cm³/mol. The number of hydrogen-bond donors (Lipinski definition) is 2. The van der Waals surface area contributed by atoms with E-state index in [1.54, 1.807) is 5.38 Å². The highest BCUT2D eigenvalue weighted by Gasteiger charge is 2.07. The van der Waals surface area contributed by atoms with Gasteiger partial charge in [0.05, 0.1) is 24.3 Å². The first-order valence-electron chi connectivity index (χ1n) is 5.11. The van der Waals surface area contributed by atoms with E-state index in [1.165, 1.54) is 11.3 Å². The first-order valence-corrected chi connectivity index (χ1v) is 8.42. The van der Waals surface area contributed by atoms with Crippen LogP contribution in [0.1, 0.15) is 10.7 Å². The second-order valence-corrected chi connectivity index (χ2v) is 6.60. The van der Waals surface area contributed by atoms with E-state index in [4.69, 9.17) is 11.6 Å². The van der Waals surface area contributed by atoms with Crippen LogP contribution in [0.2, 0.25) is 0 Å². The van der Waals surface area contributed by atoms with E-state index in [9.17, 15) is 13.2 Å². The molecule has 102 valence electrons. The molecule has 1 aromatic rings. The Morgan fingerprint density at radius 2 is 2.22 bits per heavy atom. The molecule has 0 fully saturated rings. The molecule has 1 amide bonds. The fourth-order valence-electron chi connectivity index (χ4n) is 1.13. The van der Waals surface area contributed by atoms with Crippen LogP contribution in [-0.4, -0.2) is 38.7 Å². The minimum absolute atomic E-state index is 0.176. The second-order valence-electron chi connectivity index (χ2n) is 3.56. The number of aromatic nitrogens is 1. The maximum atomic E-state index is 11.5. The van der Waals surface area contributed by atoms with Crippen molar-refractivity contribution >= 4 is 38.9 Å². The van der Waals surface area contributed by atoms with Gasteiger partial charge in [0.2, 0.25) is 15.9 Å². The number of nitrogens with one attached hydrogen (secondary N) is 2. The fourth-order valence-corrected chi connectivity index (χ4v) is 2.62. The third-order valence-corrected chi connectivity index (χ3v) is 3.76. The molecule has 0 radical (unpaired) electrons. The normalized spacial score (nSPS) is 11.4. The summed E-state index contributed by atoms with van der Waals surface area (Å²) in [5.41, 5.74) is 0.753. The molecule has 0 aliphatic rings. The SMILES string of the molecule is CS(=O)(=O)NCCNC(=O)Cc1nc(CCl)cs1. The van der Waals surface area contributed by atoms with Crippen LogP contribution < -0.4 is 10.0 Å². The van der Waals surface area contributed by atoms with Crippen molar-refractivity contribution in [2.45, 2.75) is 12.3 Å². The molecule has 0 spiro atoms. The largest absolute Gasteiger partial charge is 0.354 e. The number of hydrogen-bond acceptors (Lipinski definition) is 5. The topological polar surface area (TPSA) is 88.2 Å². The average molecular weight is 312 g/mol. The van der Waals surface area contributed by atoms with Gasteiger partial charge in [0, 0.05) is 18.5 Å². The van der Waals surface area contributed by atoms with E-state index in [0.717, 1.165) is 11.9 Å². The molecule has 1 heterocycles. The quantitative estimate of drug-likeness (QED) is 0.552. The highest BCUT2D eigenvalue weighted by Crippen LogP contribution is 2.11. The van der Waals surface area contributed by atoms with E-state index in [2.05, 4.69) is 15.0 Å². The molecule has 0 aromatic carbocycles. The fraction of sp³-hybridized carbons (Fsp3) is 0.556. The molecule has 9 heteroatoms. The van der Waals surface area contributed by atoms with Gasteiger partial charge in [0.25, 0.3) is 0 Å². The first-order chi connectivity index (χ1) is 8.40. The Bertz CT molecular complexity index is 501. The van der Waals surface area contributed by atoms with Crippen LogP contribution in [0, 0.1) is 0 Å². The zero-order valence-corrected chi connectivity index (χ0v) is 12.2. The van der Waals surface area contributed by atoms with Gasteiger partial charge >= 0.3 is 0 Å². The lowest BCUT2D eigenvalue weighted by Gasteiger charge is -2.04. The van der Waals surface area contributed by atoms with Crippen LogP contribution in [0.4, 0.5) is 0 Å². The number of nitrogens with zero attached hydrogens (tertiary/aromatic N) is 1. The van der Waals surface area contributed by atoms with Gasteiger partial charge in [-0.05, 0) is 0 Å². The summed E-state index contributed by atoms with van der Waals surface area (Å²) >= 11 is 6.98. The van der Waals surface area contributed by atoms with Gasteiger partial charge in [0.1, 0.15) is 5.01 Å². The molecule has 0 saturated carbocycles. The Morgan fingerprint density at radius 3 is 2.78 bits per heavy atom. The minimum Gasteiger partial charge on any atom is -0.354 e. The molecular formula is C9H14ClN3O3S2. The summed E-state index contributed by atoms with van der Waals surface area (Å²) < 4.78 is 23.8. The van der Waals surface area contributed by atoms with E-state index >= 15 is 0 Å². The Labute approximate surface area is 115 Å². The van der Waals surface area contributed by atoms with E-state index in [-0.39, 0.29) is 25.4 Å². The second kappa shape index (κ2) is 7.03. The van der Waals surface area contributed by atoms with Crippen LogP contribution in [0.15, 0.2) is 5.38 Å². The van der Waals surface area contributed by atoms with Gasteiger partial charge in [0.15, 0.2) is 0 Å². The number of carbonyl (C=O) groups excluding carboxylic acids is 1. The summed E-state index contributed by atoms with van der Waals surface area (Å²) in [5.74, 6) is 0.136. The number of carbonyl (C=O) groups is 1. The monoisotopic (exact) mass is 311 g/mol. The first kappa shape index (κ1) is 15.4. The van der Waals surface area contributed by atoms with Crippen molar-refractivity contribution in [2.75, 3.05) is 19.3 Å². The molecular weight excluding hydrogens is 298 g/mol. The van der Waals surface area contributed by atoms with E-state index < -0.39 is 10.0 Å². The lowest BCUT2D eigenvalue weighted by Crippen LogP contribution is -2.34. The number of rotatable bonds is 7. The van der Waals surface area contributed by atoms with Crippen molar-refractivity contribution in [1.29, 1.82) is 0 Å². The molecule has 1 rings (SSSR count). The molecule has 6 nitrogen and oxygen atoms in total. The molecule has 0 aliphatic heterocycles. The summed E-state index contributed by atoms with van der Waals surface area (Å²) in [7, 11) is -3.21. The number of amides is 1. The molecule has 18 heavy (non-hydrogen) atoms. The van der Waals surface area contributed by atoms with Crippen LogP contribution in [0.25, 0.3) is 0 Å². The van der Waals surface area contributed by atoms with E-state index in [1.807, 2.05) is 0 Å². The maximum absolute atomic E-state index is 11.5. The molecule has 0 saturated heterocycles. The minimum atomic E-state index is -3.21. The van der Waals surface area contributed by atoms with Gasteiger partial charge < -0.3 is 5.32 Å². The maximum Gasteiger partial charge on any atom is 0.226 e. The van der Waals surface area contributed by atoms with Gasteiger partial charge in [-0.25, -0.2) is 18.1 Å². The number of sulfonamides is 1. The molecule has 0 atom stereocenters. The van der Waals surface area contributed by atoms with E-state index in [0.29, 0.717) is 10.9 Å². The van der Waals surface area contributed by atoms with Crippen molar-refractivity contribution in [3.05, 3.63) is 16.1 Å². The summed E-state index contributed by atoms with van der Waals surface area (Å²) in [4.78, 5) is 15.6. The third-order valence-electron chi connectivity index (χ3n) is 1.86. The van der Waals surface area contributed by atoms with Crippen LogP contribution >= 0.6 is 22.9 Å². The third kappa shape index (κ3) is 6.29. The molecule has 0 aliphatic carbocycles. The number of alkyl halides is 1. The van der Waals surface area contributed by atoms with Gasteiger partial charge in [-0.15, -0.1) is 22.9 Å². The van der Waals surface area contributed by atoms with Crippen molar-refractivity contribution in [2.24, 2.45) is 0 Å². The summed E-state index contributed by atoms with van der Waals surface area (Å²) in [6.45, 7) is 0.426. The van der Waals surface area contributed by atoms with Gasteiger partial charge in [-0.1, -0.05) is 0 Å². The summed E-state index contributed by atoms with van der Waals surface area (Å²) in [6, 6.07) is 0. The summed E-state index contributed by atoms with van der Waals surface area (Å²) in [5, 5.41) is 5.10. The van der Waals surface area contributed by atoms with Crippen LogP contribution in [-0.2, 0) is 27.1 Å². The zero-order chi connectivity index (χ0) is 13.6. The zero-order valence-electron chi connectivity index (χ0n) is 9.77. The summed E-state index contributed by atoms with van der Waals surface area (Å²) in [6.07, 6.45) is 1.25. The van der Waals surface area contributed by atoms with Crippen molar-refractivity contribution < 1.29 is 13.2 Å². The Kier molecular flexibility index (Phi) is 6.00. The van der Waals surface area contributed by atoms with Crippen LogP contribution in [0.5, 0.6) is 0 Å². The molecule has 0 bridgehead atoms. The number of thiazole rings is 1. The highest BCUT2D eigenvalue weighted by atomic mass is 35.5. The predicted octanol–water partition coefficient (Wildman–Crippen LogP) is 0.0898. The highest BCUT2D eigenvalue weighted by molar-refractivity contribution is 7.88. The molecule has 0 unspecified atom stereocenters. The molecule has 2 N–H and O–H groups in total. The van der Waals surface area contributed by atoms with Crippen molar-refractivity contribution in [1.82, 2.24) is 15.0 Å². The lowest BCUT2D eigenvalue weighted by atomic mass is 10.4. The Morgan fingerprint density at radius 1 is 1.50 bits per heavy atom. The van der Waals surface area contributed by atoms with Gasteiger partial charge in [-0.2, -0.15) is 0 Å². The van der Waals surface area contributed by atoms with Crippen molar-refractivity contribution in [3.8, 4) is 0 Å². The lowest BCUT2D eigenvalue weighted by molar-refractivity contribution is -0.120. The average Bonchev–Trinajstić information content (AvgIpc) is 2.71. The smallest absolute Gasteiger partial charge is 0.226 e. The Balaban J connectivity index is 2.25. The van der Waals surface area contributed by atoms with Gasteiger partial charge in [-0.3, -0.25) is 4.79 Å². The van der Waals surface area contributed by atoms with Crippen molar-refractivity contribution in [3.63, 3.8) is 0 Å². The van der Waals surface area contributed by atoms with Crippen LogP contribution in [0.3, 0.4) is 0 Å². The standard InChI is InChI=1S/C9H14ClN3O3S2/c1-18(15,16)12-3-2-11-8(14)4-9-13-7(5-10)6-17-9/h6,12H,2-5H2,1H3,(H,11,14).